The molecule has 2 aromatic carbocycles. The third-order valence-electron chi connectivity index (χ3n) is 4.32. The Bertz CT molecular complexity index is 1040. The average molecular weight is 435 g/mol. The maximum atomic E-state index is 13.9. The summed E-state index contributed by atoms with van der Waals surface area (Å²) in [5, 5.41) is 13.7. The molecule has 150 valence electrons. The predicted molar refractivity (Wildman–Crippen MR) is 114 cm³/mol. The van der Waals surface area contributed by atoms with Crippen LogP contribution in [0.4, 0.5) is 10.1 Å². The fraction of sp³-hybridized carbons (Fsp3) is 0.200. The number of fused-ring (bicyclic) bond motifs is 1. The van der Waals surface area contributed by atoms with Gasteiger partial charge in [-0.1, -0.05) is 29.8 Å². The Hall–Kier alpha value is -2.77. The lowest BCUT2D eigenvalue weighted by atomic mass is 10.0. The van der Waals surface area contributed by atoms with Crippen LogP contribution in [-0.2, 0) is 4.79 Å². The summed E-state index contributed by atoms with van der Waals surface area (Å²) < 4.78 is 13.9. The van der Waals surface area contributed by atoms with Gasteiger partial charge < -0.3 is 5.11 Å². The Morgan fingerprint density at radius 2 is 2.07 bits per heavy atom. The molecule has 29 heavy (non-hydrogen) atoms. The largest absolute Gasteiger partial charge is 0.481 e. The molecule has 0 saturated heterocycles. The summed E-state index contributed by atoms with van der Waals surface area (Å²) in [6, 6.07) is 11.4. The van der Waals surface area contributed by atoms with Gasteiger partial charge in [-0.25, -0.2) is 9.38 Å². The summed E-state index contributed by atoms with van der Waals surface area (Å²) in [6.45, 7) is 1.59. The molecule has 1 heterocycles. The maximum absolute atomic E-state index is 13.9. The summed E-state index contributed by atoms with van der Waals surface area (Å²) in [5.41, 5.74) is 5.21. The number of carboxylic acid groups (broad SMARTS) is 1. The third-order valence-corrected chi connectivity index (χ3v) is 4.93. The standard InChI is InChI=1S/C20H17Cl2FN4O2/c1-11(20(28)29)17(9-21)26-27-18-10-24-19(13-4-2-3-5-15(13)22)14-7-6-12(23)8-16(14)25-18/h2-8,11H,9-10H2,1H3,(H,25,27)(H,28,29). The van der Waals surface area contributed by atoms with Gasteiger partial charge in [-0.05, 0) is 25.1 Å². The average Bonchev–Trinajstić information content (AvgIpc) is 2.87. The van der Waals surface area contributed by atoms with Crippen molar-refractivity contribution in [1.82, 2.24) is 5.43 Å². The van der Waals surface area contributed by atoms with E-state index in [1.165, 1.54) is 19.1 Å². The first-order chi connectivity index (χ1) is 13.9. The number of amidine groups is 1. The van der Waals surface area contributed by atoms with E-state index in [-0.39, 0.29) is 18.1 Å². The second kappa shape index (κ2) is 9.15. The van der Waals surface area contributed by atoms with E-state index in [1.807, 2.05) is 18.2 Å². The van der Waals surface area contributed by atoms with E-state index in [9.17, 15) is 9.18 Å². The number of nitrogens with one attached hydrogen (secondary N) is 1. The van der Waals surface area contributed by atoms with Gasteiger partial charge in [0, 0.05) is 22.2 Å². The predicted octanol–water partition coefficient (Wildman–Crippen LogP) is 4.27. The molecule has 6 nitrogen and oxygen atoms in total. The Morgan fingerprint density at radius 1 is 1.31 bits per heavy atom. The maximum Gasteiger partial charge on any atom is 0.312 e. The first-order valence-electron chi connectivity index (χ1n) is 8.68. The molecule has 1 aliphatic heterocycles. The zero-order chi connectivity index (χ0) is 21.0. The van der Waals surface area contributed by atoms with Crippen molar-refractivity contribution in [3.05, 3.63) is 64.4 Å². The highest BCUT2D eigenvalue weighted by atomic mass is 35.5. The Labute approximate surface area is 176 Å². The molecule has 0 radical (unpaired) electrons. The number of hydrogen-bond donors (Lipinski definition) is 2. The van der Waals surface area contributed by atoms with E-state index < -0.39 is 17.7 Å². The van der Waals surface area contributed by atoms with Gasteiger partial charge in [-0.2, -0.15) is 5.10 Å². The van der Waals surface area contributed by atoms with Crippen LogP contribution in [0, 0.1) is 11.7 Å². The lowest BCUT2D eigenvalue weighted by molar-refractivity contribution is -0.138. The first kappa shape index (κ1) is 21.0. The molecule has 0 aliphatic carbocycles. The normalized spacial score (nSPS) is 15.0. The molecule has 9 heteroatoms. The number of alkyl halides is 1. The number of carboxylic acids is 1. The number of rotatable bonds is 5. The van der Waals surface area contributed by atoms with Crippen LogP contribution in [0.25, 0.3) is 0 Å². The third kappa shape index (κ3) is 4.81. The highest BCUT2D eigenvalue weighted by Crippen LogP contribution is 2.28. The minimum atomic E-state index is -1.04. The van der Waals surface area contributed by atoms with Crippen LogP contribution in [0.2, 0.25) is 5.02 Å². The van der Waals surface area contributed by atoms with Crippen molar-refractivity contribution in [3.63, 3.8) is 0 Å². The SMILES string of the molecule is CC(C(=O)O)C(CCl)=NNC1=Nc2cc(F)ccc2C(c2ccccc2Cl)=NC1. The molecule has 3 rings (SSSR count). The molecule has 2 aromatic rings. The van der Waals surface area contributed by atoms with Gasteiger partial charge in [0.25, 0.3) is 0 Å². The van der Waals surface area contributed by atoms with E-state index in [4.69, 9.17) is 28.3 Å². The van der Waals surface area contributed by atoms with Gasteiger partial charge in [0.1, 0.15) is 11.7 Å². The molecule has 0 fully saturated rings. The van der Waals surface area contributed by atoms with E-state index in [0.717, 1.165) is 0 Å². The number of hydrogen-bond acceptors (Lipinski definition) is 5. The Kier molecular flexibility index (Phi) is 6.61. The zero-order valence-corrected chi connectivity index (χ0v) is 16.9. The van der Waals surface area contributed by atoms with Crippen LogP contribution in [0.5, 0.6) is 0 Å². The fourth-order valence-corrected chi connectivity index (χ4v) is 3.20. The van der Waals surface area contributed by atoms with Crippen LogP contribution < -0.4 is 5.43 Å². The molecule has 1 aliphatic rings. The van der Waals surface area contributed by atoms with Crippen LogP contribution in [0.15, 0.2) is 57.6 Å². The van der Waals surface area contributed by atoms with Gasteiger partial charge in [-0.15, -0.1) is 11.6 Å². The zero-order valence-electron chi connectivity index (χ0n) is 15.4. The van der Waals surface area contributed by atoms with Crippen LogP contribution in [-0.4, -0.2) is 40.8 Å². The molecule has 2 N–H and O–H groups in total. The lowest BCUT2D eigenvalue weighted by Crippen LogP contribution is -2.28. The molecular weight excluding hydrogens is 418 g/mol. The molecule has 0 amide bonds. The van der Waals surface area contributed by atoms with Crippen LogP contribution >= 0.6 is 23.2 Å². The van der Waals surface area contributed by atoms with Crippen molar-refractivity contribution >= 4 is 52.1 Å². The Morgan fingerprint density at radius 3 is 2.76 bits per heavy atom. The quantitative estimate of drug-likeness (QED) is 0.418. The lowest BCUT2D eigenvalue weighted by Gasteiger charge is -2.09. The fourth-order valence-electron chi connectivity index (χ4n) is 2.68. The van der Waals surface area contributed by atoms with Crippen molar-refractivity contribution in [1.29, 1.82) is 0 Å². The first-order valence-corrected chi connectivity index (χ1v) is 9.60. The van der Waals surface area contributed by atoms with Gasteiger partial charge in [0.15, 0.2) is 0 Å². The Balaban J connectivity index is 2.01. The van der Waals surface area contributed by atoms with Crippen molar-refractivity contribution in [2.75, 3.05) is 12.4 Å². The van der Waals surface area contributed by atoms with E-state index in [1.54, 1.807) is 12.1 Å². The molecular formula is C20H17Cl2FN4O2. The summed E-state index contributed by atoms with van der Waals surface area (Å²) in [4.78, 5) is 20.2. The van der Waals surface area contributed by atoms with Crippen LogP contribution in [0.1, 0.15) is 18.1 Å². The molecule has 0 spiro atoms. The van der Waals surface area contributed by atoms with Gasteiger partial charge >= 0.3 is 5.97 Å². The monoisotopic (exact) mass is 434 g/mol. The van der Waals surface area contributed by atoms with Crippen LogP contribution in [0.3, 0.4) is 0 Å². The molecule has 0 saturated carbocycles. The van der Waals surface area contributed by atoms with Gasteiger partial charge in [0.2, 0.25) is 0 Å². The number of carbonyl (C=O) groups is 1. The second-order valence-electron chi connectivity index (χ2n) is 6.27. The summed E-state index contributed by atoms with van der Waals surface area (Å²) in [5.74, 6) is -2.10. The van der Waals surface area contributed by atoms with E-state index in [0.29, 0.717) is 33.4 Å². The minimum absolute atomic E-state index is 0.0624. The highest BCUT2D eigenvalue weighted by molar-refractivity contribution is 6.36. The number of benzene rings is 2. The van der Waals surface area contributed by atoms with Crippen molar-refractivity contribution in [2.24, 2.45) is 21.0 Å². The summed E-state index contributed by atoms with van der Waals surface area (Å²) in [6.07, 6.45) is 0. The number of halogens is 3. The number of nitrogens with zero attached hydrogens (tertiary/aromatic N) is 3. The topological polar surface area (TPSA) is 86.4 Å². The van der Waals surface area contributed by atoms with Crippen molar-refractivity contribution in [3.8, 4) is 0 Å². The molecule has 0 bridgehead atoms. The minimum Gasteiger partial charge on any atom is -0.481 e. The number of aliphatic carboxylic acids is 1. The smallest absolute Gasteiger partial charge is 0.312 e. The number of aliphatic imine (C=N–C) groups is 2. The second-order valence-corrected chi connectivity index (χ2v) is 6.95. The van der Waals surface area contributed by atoms with Gasteiger partial charge in [0.05, 0.1) is 35.5 Å². The van der Waals surface area contributed by atoms with Gasteiger partial charge in [-0.3, -0.25) is 15.2 Å². The molecule has 0 aromatic heterocycles. The van der Waals surface area contributed by atoms with Crippen molar-refractivity contribution < 1.29 is 14.3 Å². The van der Waals surface area contributed by atoms with Crippen molar-refractivity contribution in [2.45, 2.75) is 6.92 Å². The molecule has 1 atom stereocenters. The summed E-state index contributed by atoms with van der Waals surface area (Å²) in [7, 11) is 0. The van der Waals surface area contributed by atoms with E-state index in [2.05, 4.69) is 20.5 Å². The highest BCUT2D eigenvalue weighted by Gasteiger charge is 2.20. The van der Waals surface area contributed by atoms with E-state index >= 15 is 0 Å². The summed E-state index contributed by atoms with van der Waals surface area (Å²) >= 11 is 12.1. The molecule has 1 unspecified atom stereocenters. The number of hydrazone groups is 1.